The third-order valence-corrected chi connectivity index (χ3v) is 3.55. The largest absolute Gasteiger partial charge is 0.268 e. The van der Waals surface area contributed by atoms with Gasteiger partial charge in [0.15, 0.2) is 5.84 Å². The van der Waals surface area contributed by atoms with Gasteiger partial charge in [-0.05, 0) is 57.0 Å². The van der Waals surface area contributed by atoms with Crippen LogP contribution in [0.5, 0.6) is 0 Å². The third kappa shape index (κ3) is 5.64. The van der Waals surface area contributed by atoms with Crippen LogP contribution in [0.25, 0.3) is 5.57 Å². The second-order valence-corrected chi connectivity index (χ2v) is 6.21. The van der Waals surface area contributed by atoms with Crippen LogP contribution in [-0.2, 0) is 0 Å². The summed E-state index contributed by atoms with van der Waals surface area (Å²) in [5, 5.41) is 0. The zero-order valence-electron chi connectivity index (χ0n) is 15.6. The van der Waals surface area contributed by atoms with Crippen molar-refractivity contribution in [1.29, 1.82) is 0 Å². The minimum absolute atomic E-state index is 0.634. The molecule has 0 amide bonds. The van der Waals surface area contributed by atoms with Crippen molar-refractivity contribution in [3.63, 3.8) is 0 Å². The Morgan fingerprint density at radius 1 is 1.00 bits per heavy atom. The first-order valence-corrected chi connectivity index (χ1v) is 8.36. The molecule has 0 saturated carbocycles. The summed E-state index contributed by atoms with van der Waals surface area (Å²) in [6.45, 7) is 8.29. The first-order chi connectivity index (χ1) is 12.0. The molecular weight excluding hydrogens is 306 g/mol. The van der Waals surface area contributed by atoms with E-state index in [0.717, 1.165) is 17.0 Å². The number of hydrogen-bond acceptors (Lipinski definition) is 2. The van der Waals surface area contributed by atoms with Gasteiger partial charge in [-0.15, -0.1) is 0 Å². The van der Waals surface area contributed by atoms with E-state index in [0.29, 0.717) is 5.84 Å². The van der Waals surface area contributed by atoms with E-state index in [1.807, 2.05) is 25.1 Å². The smallest absolute Gasteiger partial charge is 0.173 e. The lowest BCUT2D eigenvalue weighted by Gasteiger charge is -2.06. The van der Waals surface area contributed by atoms with Crippen molar-refractivity contribution in [3.05, 3.63) is 83.2 Å². The average Bonchev–Trinajstić information content (AvgIpc) is 2.59. The summed E-state index contributed by atoms with van der Waals surface area (Å²) in [4.78, 5) is 13.3. The minimum Gasteiger partial charge on any atom is -0.268 e. The van der Waals surface area contributed by atoms with E-state index >= 15 is 0 Å². The monoisotopic (exact) mass is 331 g/mol. The normalized spacial score (nSPS) is 12.9. The van der Waals surface area contributed by atoms with Gasteiger partial charge in [-0.2, -0.15) is 0 Å². The van der Waals surface area contributed by atoms with Gasteiger partial charge < -0.3 is 0 Å². The SMILES string of the molecule is CN=C(N=C(C)/C=C(\C=C(C)C)c1cccc(C)c1)c1ccccn1. The van der Waals surface area contributed by atoms with Gasteiger partial charge in [0.1, 0.15) is 5.69 Å². The molecule has 0 atom stereocenters. The summed E-state index contributed by atoms with van der Waals surface area (Å²) in [6, 6.07) is 14.2. The molecule has 25 heavy (non-hydrogen) atoms. The van der Waals surface area contributed by atoms with Crippen LogP contribution in [0.2, 0.25) is 0 Å². The number of aryl methyl sites for hydroxylation is 1. The standard InChI is InChI=1S/C22H25N3/c1-16(2)13-20(19-10-8-9-17(3)14-19)15-18(4)25-22(23-5)21-11-6-7-12-24-21/h6-15H,1-5H3/b20-15+,23-22?,25-18?. The maximum absolute atomic E-state index is 4.66. The van der Waals surface area contributed by atoms with Crippen molar-refractivity contribution in [2.75, 3.05) is 7.05 Å². The Balaban J connectivity index is 2.43. The van der Waals surface area contributed by atoms with Gasteiger partial charge in [0, 0.05) is 19.0 Å². The molecule has 0 unspecified atom stereocenters. The molecule has 1 aromatic heterocycles. The predicted molar refractivity (Wildman–Crippen MR) is 108 cm³/mol. The lowest BCUT2D eigenvalue weighted by molar-refractivity contribution is 1.25. The Bertz CT molecular complexity index is 837. The lowest BCUT2D eigenvalue weighted by Crippen LogP contribution is -2.03. The summed E-state index contributed by atoms with van der Waals surface area (Å²) in [5.41, 5.74) is 6.47. The topological polar surface area (TPSA) is 37.6 Å². The number of hydrogen-bond donors (Lipinski definition) is 0. The quantitative estimate of drug-likeness (QED) is 0.427. The highest BCUT2D eigenvalue weighted by atomic mass is 14.9. The van der Waals surface area contributed by atoms with Crippen molar-refractivity contribution in [1.82, 2.24) is 4.98 Å². The molecule has 128 valence electrons. The molecule has 0 aliphatic heterocycles. The number of pyridine rings is 1. The summed E-state index contributed by atoms with van der Waals surface area (Å²) >= 11 is 0. The van der Waals surface area contributed by atoms with Gasteiger partial charge in [0.05, 0.1) is 0 Å². The molecule has 0 N–H and O–H groups in total. The maximum atomic E-state index is 4.66. The van der Waals surface area contributed by atoms with Crippen molar-refractivity contribution < 1.29 is 0 Å². The fourth-order valence-corrected chi connectivity index (χ4v) is 2.49. The summed E-state index contributed by atoms with van der Waals surface area (Å²) in [7, 11) is 1.74. The highest BCUT2D eigenvalue weighted by Crippen LogP contribution is 2.19. The fourth-order valence-electron chi connectivity index (χ4n) is 2.49. The minimum atomic E-state index is 0.634. The van der Waals surface area contributed by atoms with Crippen LogP contribution in [0.1, 0.15) is 37.6 Å². The van der Waals surface area contributed by atoms with Gasteiger partial charge >= 0.3 is 0 Å². The number of aliphatic imine (C=N–C) groups is 2. The molecule has 3 heteroatoms. The molecule has 2 aromatic rings. The van der Waals surface area contributed by atoms with E-state index in [2.05, 4.69) is 72.2 Å². The highest BCUT2D eigenvalue weighted by molar-refractivity contribution is 6.11. The lowest BCUT2D eigenvalue weighted by atomic mass is 10.0. The van der Waals surface area contributed by atoms with Gasteiger partial charge in [0.25, 0.3) is 0 Å². The summed E-state index contributed by atoms with van der Waals surface area (Å²) < 4.78 is 0. The molecule has 0 aliphatic rings. The van der Waals surface area contributed by atoms with Crippen LogP contribution < -0.4 is 0 Å². The fraction of sp³-hybridized carbons (Fsp3) is 0.227. The number of nitrogens with zero attached hydrogens (tertiary/aromatic N) is 3. The van der Waals surface area contributed by atoms with E-state index in [4.69, 9.17) is 0 Å². The Labute approximate surface area is 150 Å². The van der Waals surface area contributed by atoms with Crippen molar-refractivity contribution in [2.45, 2.75) is 27.7 Å². The second kappa shape index (κ2) is 8.88. The van der Waals surface area contributed by atoms with E-state index < -0.39 is 0 Å². The Hall–Kier alpha value is -2.81. The third-order valence-electron chi connectivity index (χ3n) is 3.55. The maximum Gasteiger partial charge on any atom is 0.173 e. The number of aromatic nitrogens is 1. The zero-order valence-corrected chi connectivity index (χ0v) is 15.6. The van der Waals surface area contributed by atoms with Gasteiger partial charge in [-0.25, -0.2) is 4.99 Å². The molecule has 1 aromatic carbocycles. The molecule has 2 rings (SSSR count). The van der Waals surface area contributed by atoms with Crippen LogP contribution in [0.3, 0.4) is 0 Å². The van der Waals surface area contributed by atoms with Gasteiger partial charge in [-0.3, -0.25) is 9.98 Å². The number of benzene rings is 1. The molecule has 0 fully saturated rings. The Morgan fingerprint density at radius 2 is 1.80 bits per heavy atom. The van der Waals surface area contributed by atoms with E-state index in [1.54, 1.807) is 13.2 Å². The van der Waals surface area contributed by atoms with Crippen LogP contribution in [-0.4, -0.2) is 23.6 Å². The van der Waals surface area contributed by atoms with Crippen molar-refractivity contribution in [3.8, 4) is 0 Å². The molecular formula is C22H25N3. The highest BCUT2D eigenvalue weighted by Gasteiger charge is 2.04. The first kappa shape index (κ1) is 18.5. The van der Waals surface area contributed by atoms with Crippen LogP contribution in [0, 0.1) is 6.92 Å². The number of amidine groups is 1. The predicted octanol–water partition coefficient (Wildman–Crippen LogP) is 5.28. The molecule has 0 saturated heterocycles. The molecule has 0 radical (unpaired) electrons. The van der Waals surface area contributed by atoms with E-state index in [9.17, 15) is 0 Å². The van der Waals surface area contributed by atoms with Crippen LogP contribution >= 0.6 is 0 Å². The summed E-state index contributed by atoms with van der Waals surface area (Å²) in [6.07, 6.45) is 6.02. The van der Waals surface area contributed by atoms with Gasteiger partial charge in [-0.1, -0.05) is 47.5 Å². The first-order valence-electron chi connectivity index (χ1n) is 8.36. The Kier molecular flexibility index (Phi) is 6.58. The van der Waals surface area contributed by atoms with Crippen LogP contribution in [0.4, 0.5) is 0 Å². The average molecular weight is 331 g/mol. The molecule has 0 bridgehead atoms. The van der Waals surface area contributed by atoms with E-state index in [1.165, 1.54) is 16.7 Å². The summed E-state index contributed by atoms with van der Waals surface area (Å²) in [5.74, 6) is 0.634. The van der Waals surface area contributed by atoms with Crippen molar-refractivity contribution >= 4 is 17.1 Å². The molecule has 3 nitrogen and oxygen atoms in total. The van der Waals surface area contributed by atoms with Crippen molar-refractivity contribution in [2.24, 2.45) is 9.98 Å². The van der Waals surface area contributed by atoms with Gasteiger partial charge in [0.2, 0.25) is 0 Å². The van der Waals surface area contributed by atoms with Crippen LogP contribution in [0.15, 0.2) is 76.4 Å². The number of rotatable bonds is 4. The van der Waals surface area contributed by atoms with E-state index in [-0.39, 0.29) is 0 Å². The molecule has 0 aliphatic carbocycles. The zero-order chi connectivity index (χ0) is 18.2. The molecule has 0 spiro atoms. The molecule has 1 heterocycles. The Morgan fingerprint density at radius 3 is 2.40 bits per heavy atom. The number of allylic oxidation sites excluding steroid dienone is 4. The second-order valence-electron chi connectivity index (χ2n) is 6.21.